The van der Waals surface area contributed by atoms with Gasteiger partial charge in [0.2, 0.25) is 0 Å². The van der Waals surface area contributed by atoms with E-state index in [-0.39, 0.29) is 17.9 Å². The number of aliphatic hydroxyl groups is 1. The van der Waals surface area contributed by atoms with E-state index in [0.717, 1.165) is 6.42 Å². The number of rotatable bonds is 6. The molecule has 0 amide bonds. The predicted octanol–water partition coefficient (Wildman–Crippen LogP) is 2.66. The van der Waals surface area contributed by atoms with Gasteiger partial charge in [0.25, 0.3) is 5.69 Å². The number of ether oxygens (including phenoxy) is 2. The van der Waals surface area contributed by atoms with Crippen LogP contribution in [0.1, 0.15) is 19.8 Å². The number of hydrogen-bond donors (Lipinski definition) is 1. The Morgan fingerprint density at radius 3 is 2.90 bits per heavy atom. The quantitative estimate of drug-likeness (QED) is 0.633. The van der Waals surface area contributed by atoms with E-state index in [2.05, 4.69) is 15.9 Å². The standard InChI is InChI=1S/C13H16BrNO5/c1-2-5-19-13-10(16)7-12(13)20-11-6-8(15(17)18)3-4-9(11)14/h3-4,6,10,12-13,16H,2,5,7H2,1H3. The second-order valence-electron chi connectivity index (χ2n) is 4.67. The van der Waals surface area contributed by atoms with E-state index in [1.807, 2.05) is 6.92 Å². The van der Waals surface area contributed by atoms with Crippen LogP contribution in [0.25, 0.3) is 0 Å². The highest BCUT2D eigenvalue weighted by atomic mass is 79.9. The maximum atomic E-state index is 10.8. The van der Waals surface area contributed by atoms with E-state index in [0.29, 0.717) is 23.2 Å². The molecule has 0 saturated heterocycles. The summed E-state index contributed by atoms with van der Waals surface area (Å²) in [7, 11) is 0. The van der Waals surface area contributed by atoms with Gasteiger partial charge in [-0.15, -0.1) is 0 Å². The fraction of sp³-hybridized carbons (Fsp3) is 0.538. The third-order valence-electron chi connectivity index (χ3n) is 3.14. The number of benzene rings is 1. The topological polar surface area (TPSA) is 81.8 Å². The molecule has 1 aliphatic rings. The molecule has 1 aliphatic carbocycles. The zero-order valence-electron chi connectivity index (χ0n) is 11.0. The number of nitro benzene ring substituents is 1. The zero-order valence-corrected chi connectivity index (χ0v) is 12.6. The van der Waals surface area contributed by atoms with Crippen molar-refractivity contribution in [2.45, 2.75) is 38.1 Å². The first-order valence-corrected chi connectivity index (χ1v) is 7.22. The van der Waals surface area contributed by atoms with Gasteiger partial charge in [0.1, 0.15) is 18.0 Å². The summed E-state index contributed by atoms with van der Waals surface area (Å²) >= 11 is 3.30. The van der Waals surface area contributed by atoms with E-state index in [4.69, 9.17) is 9.47 Å². The Bertz CT molecular complexity index is 496. The van der Waals surface area contributed by atoms with Crippen LogP contribution in [0.5, 0.6) is 5.75 Å². The van der Waals surface area contributed by atoms with E-state index >= 15 is 0 Å². The van der Waals surface area contributed by atoms with Crippen molar-refractivity contribution in [3.05, 3.63) is 32.8 Å². The Morgan fingerprint density at radius 2 is 2.30 bits per heavy atom. The lowest BCUT2D eigenvalue weighted by Crippen LogP contribution is -2.55. The summed E-state index contributed by atoms with van der Waals surface area (Å²) in [6.07, 6.45) is 0.125. The molecule has 1 fully saturated rings. The number of non-ortho nitro benzene ring substituents is 1. The second kappa shape index (κ2) is 6.51. The highest BCUT2D eigenvalue weighted by Gasteiger charge is 2.43. The summed E-state index contributed by atoms with van der Waals surface area (Å²) in [5.74, 6) is 0.390. The second-order valence-corrected chi connectivity index (χ2v) is 5.52. The lowest BCUT2D eigenvalue weighted by atomic mass is 9.88. The average Bonchev–Trinajstić information content (AvgIpc) is 2.40. The molecule has 0 heterocycles. The third-order valence-corrected chi connectivity index (χ3v) is 3.79. The van der Waals surface area contributed by atoms with Gasteiger partial charge in [0.15, 0.2) is 0 Å². The molecule has 110 valence electrons. The largest absolute Gasteiger partial charge is 0.486 e. The van der Waals surface area contributed by atoms with E-state index in [1.165, 1.54) is 12.1 Å². The van der Waals surface area contributed by atoms with Crippen molar-refractivity contribution in [2.24, 2.45) is 0 Å². The molecule has 1 saturated carbocycles. The average molecular weight is 346 g/mol. The van der Waals surface area contributed by atoms with Gasteiger partial charge < -0.3 is 14.6 Å². The Hall–Kier alpha value is -1.18. The molecular formula is C13H16BrNO5. The van der Waals surface area contributed by atoms with Crippen molar-refractivity contribution in [3.8, 4) is 5.75 Å². The fourth-order valence-corrected chi connectivity index (χ4v) is 2.34. The molecule has 7 heteroatoms. The summed E-state index contributed by atoms with van der Waals surface area (Å²) < 4.78 is 11.9. The van der Waals surface area contributed by atoms with Crippen LogP contribution in [0.3, 0.4) is 0 Å². The van der Waals surface area contributed by atoms with E-state index < -0.39 is 11.0 Å². The van der Waals surface area contributed by atoms with Gasteiger partial charge in [-0.1, -0.05) is 6.92 Å². The summed E-state index contributed by atoms with van der Waals surface area (Å²) in [4.78, 5) is 10.3. The monoisotopic (exact) mass is 345 g/mol. The minimum Gasteiger partial charge on any atom is -0.486 e. The van der Waals surface area contributed by atoms with Gasteiger partial charge in [-0.25, -0.2) is 0 Å². The van der Waals surface area contributed by atoms with Crippen LogP contribution in [0, 0.1) is 10.1 Å². The smallest absolute Gasteiger partial charge is 0.273 e. The summed E-state index contributed by atoms with van der Waals surface area (Å²) in [6.45, 7) is 2.54. The Labute approximate surface area is 125 Å². The number of hydrogen-bond acceptors (Lipinski definition) is 5. The van der Waals surface area contributed by atoms with E-state index in [1.54, 1.807) is 6.07 Å². The van der Waals surface area contributed by atoms with Crippen molar-refractivity contribution in [2.75, 3.05) is 6.61 Å². The van der Waals surface area contributed by atoms with Crippen molar-refractivity contribution in [1.29, 1.82) is 0 Å². The summed E-state index contributed by atoms with van der Waals surface area (Å²) in [5, 5.41) is 20.4. The van der Waals surface area contributed by atoms with Crippen molar-refractivity contribution < 1.29 is 19.5 Å². The van der Waals surface area contributed by atoms with Crippen LogP contribution in [0.15, 0.2) is 22.7 Å². The Morgan fingerprint density at radius 1 is 1.55 bits per heavy atom. The van der Waals surface area contributed by atoms with Gasteiger partial charge in [0, 0.05) is 19.1 Å². The fourth-order valence-electron chi connectivity index (χ4n) is 2.00. The van der Waals surface area contributed by atoms with Gasteiger partial charge in [-0.05, 0) is 28.4 Å². The molecule has 3 unspecified atom stereocenters. The molecular weight excluding hydrogens is 330 g/mol. The van der Waals surface area contributed by atoms with Crippen LogP contribution in [-0.2, 0) is 4.74 Å². The lowest BCUT2D eigenvalue weighted by molar-refractivity contribution is -0.385. The van der Waals surface area contributed by atoms with Crippen LogP contribution < -0.4 is 4.74 Å². The van der Waals surface area contributed by atoms with Gasteiger partial charge in [-0.2, -0.15) is 0 Å². The molecule has 0 bridgehead atoms. The number of nitro groups is 1. The van der Waals surface area contributed by atoms with Crippen LogP contribution in [0.4, 0.5) is 5.69 Å². The van der Waals surface area contributed by atoms with Gasteiger partial charge in [-0.3, -0.25) is 10.1 Å². The first kappa shape index (κ1) is 15.2. The molecule has 3 atom stereocenters. The number of halogens is 1. The molecule has 1 aromatic carbocycles. The minimum absolute atomic E-state index is 0.0332. The molecule has 1 N–H and O–H groups in total. The molecule has 0 aromatic heterocycles. The van der Waals surface area contributed by atoms with Crippen LogP contribution >= 0.6 is 15.9 Å². The van der Waals surface area contributed by atoms with Crippen LogP contribution in [0.2, 0.25) is 0 Å². The first-order valence-electron chi connectivity index (χ1n) is 6.43. The third kappa shape index (κ3) is 3.28. The van der Waals surface area contributed by atoms with Crippen molar-refractivity contribution in [3.63, 3.8) is 0 Å². The lowest BCUT2D eigenvalue weighted by Gasteiger charge is -2.40. The molecule has 20 heavy (non-hydrogen) atoms. The first-order chi connectivity index (χ1) is 9.52. The highest BCUT2D eigenvalue weighted by molar-refractivity contribution is 9.10. The maximum Gasteiger partial charge on any atom is 0.273 e. The normalized spacial score (nSPS) is 25.1. The zero-order chi connectivity index (χ0) is 14.7. The Kier molecular flexibility index (Phi) is 4.95. The van der Waals surface area contributed by atoms with Crippen LogP contribution in [-0.4, -0.2) is 34.9 Å². The Balaban J connectivity index is 2.06. The van der Waals surface area contributed by atoms with Gasteiger partial charge in [0.05, 0.1) is 21.6 Å². The molecule has 0 radical (unpaired) electrons. The summed E-state index contributed by atoms with van der Waals surface area (Å²) in [5.41, 5.74) is -0.0332. The van der Waals surface area contributed by atoms with E-state index in [9.17, 15) is 15.2 Å². The minimum atomic E-state index is -0.538. The highest BCUT2D eigenvalue weighted by Crippen LogP contribution is 2.35. The SMILES string of the molecule is CCCOC1C(O)CC1Oc1cc([N+](=O)[O-])ccc1Br. The van der Waals surface area contributed by atoms with Crippen molar-refractivity contribution >= 4 is 21.6 Å². The molecule has 2 rings (SSSR count). The summed E-state index contributed by atoms with van der Waals surface area (Å²) in [6, 6.07) is 4.34. The number of nitrogens with zero attached hydrogens (tertiary/aromatic N) is 1. The predicted molar refractivity (Wildman–Crippen MR) is 75.9 cm³/mol. The maximum absolute atomic E-state index is 10.8. The number of aliphatic hydroxyl groups excluding tert-OH is 1. The molecule has 0 spiro atoms. The molecule has 0 aliphatic heterocycles. The molecule has 1 aromatic rings. The van der Waals surface area contributed by atoms with Gasteiger partial charge >= 0.3 is 0 Å². The van der Waals surface area contributed by atoms with Crippen molar-refractivity contribution in [1.82, 2.24) is 0 Å². The molecule has 6 nitrogen and oxygen atoms in total.